The molecule has 0 aliphatic carbocycles. The Morgan fingerprint density at radius 2 is 2.00 bits per heavy atom. The predicted octanol–water partition coefficient (Wildman–Crippen LogP) is 1.82. The Morgan fingerprint density at radius 3 is 2.64 bits per heavy atom. The normalized spacial score (nSPS) is 16.4. The average molecular weight is 369 g/mol. The maximum absolute atomic E-state index is 12.9. The van der Waals surface area contributed by atoms with E-state index < -0.39 is 10.0 Å². The number of carbonyl (C=O) groups excluding carboxylic acids is 1. The topological polar surface area (TPSA) is 79.0 Å². The quantitative estimate of drug-likeness (QED) is 0.859. The SMILES string of the molecule is CCCNC(=O)N1CCCN(S(=O)(=O)c2ccc(OC)c(C)c2)CC1. The van der Waals surface area contributed by atoms with Crippen LogP contribution in [0.3, 0.4) is 0 Å². The molecule has 0 spiro atoms. The van der Waals surface area contributed by atoms with Crippen molar-refractivity contribution in [1.29, 1.82) is 0 Å². The Balaban J connectivity index is 2.10. The number of sulfonamides is 1. The zero-order chi connectivity index (χ0) is 18.4. The highest BCUT2D eigenvalue weighted by molar-refractivity contribution is 7.89. The van der Waals surface area contributed by atoms with Crippen LogP contribution in [0.4, 0.5) is 4.79 Å². The van der Waals surface area contributed by atoms with Gasteiger partial charge in [-0.25, -0.2) is 13.2 Å². The number of benzene rings is 1. The fourth-order valence-corrected chi connectivity index (χ4v) is 4.40. The van der Waals surface area contributed by atoms with Crippen LogP contribution in [0.5, 0.6) is 5.75 Å². The molecule has 8 heteroatoms. The molecule has 0 radical (unpaired) electrons. The van der Waals surface area contributed by atoms with Crippen LogP contribution in [0.15, 0.2) is 23.1 Å². The highest BCUT2D eigenvalue weighted by atomic mass is 32.2. The molecule has 1 aliphatic heterocycles. The van der Waals surface area contributed by atoms with Gasteiger partial charge in [0.15, 0.2) is 0 Å². The first-order valence-corrected chi connectivity index (χ1v) is 10.0. The average Bonchev–Trinajstić information content (AvgIpc) is 2.86. The first kappa shape index (κ1) is 19.5. The molecule has 140 valence electrons. The zero-order valence-corrected chi connectivity index (χ0v) is 15.9. The second kappa shape index (κ2) is 8.53. The van der Waals surface area contributed by atoms with Gasteiger partial charge in [0, 0.05) is 32.7 Å². The Morgan fingerprint density at radius 1 is 1.24 bits per heavy atom. The molecule has 25 heavy (non-hydrogen) atoms. The summed E-state index contributed by atoms with van der Waals surface area (Å²) in [5.74, 6) is 0.661. The van der Waals surface area contributed by atoms with Crippen LogP contribution in [0.1, 0.15) is 25.3 Å². The molecule has 1 aromatic rings. The van der Waals surface area contributed by atoms with E-state index in [0.717, 1.165) is 12.0 Å². The molecule has 0 aromatic heterocycles. The van der Waals surface area contributed by atoms with Gasteiger partial charge < -0.3 is 15.0 Å². The zero-order valence-electron chi connectivity index (χ0n) is 15.1. The first-order chi connectivity index (χ1) is 11.9. The van der Waals surface area contributed by atoms with Gasteiger partial charge in [0.05, 0.1) is 12.0 Å². The summed E-state index contributed by atoms with van der Waals surface area (Å²) in [6.45, 7) is 6.10. The summed E-state index contributed by atoms with van der Waals surface area (Å²) < 4.78 is 32.5. The van der Waals surface area contributed by atoms with E-state index in [2.05, 4.69) is 5.32 Å². The molecule has 7 nitrogen and oxygen atoms in total. The largest absolute Gasteiger partial charge is 0.496 e. The highest BCUT2D eigenvalue weighted by Crippen LogP contribution is 2.24. The standard InChI is InChI=1S/C17H27N3O4S/c1-4-8-18-17(21)19-9-5-10-20(12-11-19)25(22,23)15-6-7-16(24-3)14(2)13-15/h6-7,13H,4-5,8-12H2,1-3H3,(H,18,21). The van der Waals surface area contributed by atoms with Crippen molar-refractivity contribution in [3.05, 3.63) is 23.8 Å². The predicted molar refractivity (Wildman–Crippen MR) is 96.4 cm³/mol. The maximum atomic E-state index is 12.9. The molecular weight excluding hydrogens is 342 g/mol. The molecule has 1 N–H and O–H groups in total. The number of hydrogen-bond donors (Lipinski definition) is 1. The van der Waals surface area contributed by atoms with Crippen LogP contribution < -0.4 is 10.1 Å². The van der Waals surface area contributed by atoms with Gasteiger partial charge in [-0.1, -0.05) is 6.92 Å². The van der Waals surface area contributed by atoms with Crippen LogP contribution in [0.25, 0.3) is 0 Å². The van der Waals surface area contributed by atoms with E-state index in [4.69, 9.17) is 4.74 Å². The lowest BCUT2D eigenvalue weighted by molar-refractivity contribution is 0.200. The van der Waals surface area contributed by atoms with Crippen LogP contribution in [0, 0.1) is 6.92 Å². The minimum atomic E-state index is -3.58. The van der Waals surface area contributed by atoms with Crippen LogP contribution in [-0.4, -0.2) is 63.5 Å². The minimum absolute atomic E-state index is 0.124. The second-order valence-corrected chi connectivity index (χ2v) is 8.05. The fraction of sp³-hybridized carbons (Fsp3) is 0.588. The lowest BCUT2D eigenvalue weighted by Gasteiger charge is -2.22. The number of carbonyl (C=O) groups is 1. The number of nitrogens with zero attached hydrogens (tertiary/aromatic N) is 2. The van der Waals surface area contributed by atoms with Crippen molar-refractivity contribution in [2.75, 3.05) is 39.8 Å². The van der Waals surface area contributed by atoms with E-state index in [1.807, 2.05) is 13.8 Å². The third kappa shape index (κ3) is 4.64. The van der Waals surface area contributed by atoms with Crippen molar-refractivity contribution in [2.45, 2.75) is 31.6 Å². The van der Waals surface area contributed by atoms with Gasteiger partial charge in [0.2, 0.25) is 10.0 Å². The smallest absolute Gasteiger partial charge is 0.317 e. The van der Waals surface area contributed by atoms with Crippen molar-refractivity contribution < 1.29 is 17.9 Å². The van der Waals surface area contributed by atoms with Gasteiger partial charge in [-0.05, 0) is 43.5 Å². The molecule has 1 aromatic carbocycles. The van der Waals surface area contributed by atoms with Crippen LogP contribution in [-0.2, 0) is 10.0 Å². The van der Waals surface area contributed by atoms with Gasteiger partial charge in [-0.15, -0.1) is 0 Å². The van der Waals surface area contributed by atoms with Gasteiger partial charge in [-0.2, -0.15) is 4.31 Å². The number of rotatable bonds is 5. The first-order valence-electron chi connectivity index (χ1n) is 8.57. The van der Waals surface area contributed by atoms with Gasteiger partial charge in [0.1, 0.15) is 5.75 Å². The van der Waals surface area contributed by atoms with E-state index in [1.165, 1.54) is 4.31 Å². The summed E-state index contributed by atoms with van der Waals surface area (Å²) in [7, 11) is -2.02. The highest BCUT2D eigenvalue weighted by Gasteiger charge is 2.28. The van der Waals surface area contributed by atoms with E-state index in [9.17, 15) is 13.2 Å². The lowest BCUT2D eigenvalue weighted by Crippen LogP contribution is -2.42. The molecular formula is C17H27N3O4S. The Hall–Kier alpha value is -1.80. The van der Waals surface area contributed by atoms with Crippen molar-refractivity contribution in [1.82, 2.24) is 14.5 Å². The van der Waals surface area contributed by atoms with Gasteiger partial charge in [0.25, 0.3) is 0 Å². The summed E-state index contributed by atoms with van der Waals surface area (Å²) in [6, 6.07) is 4.74. The van der Waals surface area contributed by atoms with E-state index in [-0.39, 0.29) is 10.9 Å². The van der Waals surface area contributed by atoms with Crippen molar-refractivity contribution >= 4 is 16.1 Å². The molecule has 2 rings (SSSR count). The summed E-state index contributed by atoms with van der Waals surface area (Å²) in [5.41, 5.74) is 0.777. The van der Waals surface area contributed by atoms with Crippen molar-refractivity contribution in [3.63, 3.8) is 0 Å². The number of urea groups is 1. The summed E-state index contributed by atoms with van der Waals surface area (Å²) >= 11 is 0. The van der Waals surface area contributed by atoms with E-state index >= 15 is 0 Å². The number of hydrogen-bond acceptors (Lipinski definition) is 4. The maximum Gasteiger partial charge on any atom is 0.317 e. The molecule has 0 saturated carbocycles. The third-order valence-corrected chi connectivity index (χ3v) is 6.17. The fourth-order valence-electron chi connectivity index (χ4n) is 2.84. The minimum Gasteiger partial charge on any atom is -0.496 e. The van der Waals surface area contributed by atoms with Crippen molar-refractivity contribution in [2.24, 2.45) is 0 Å². The molecule has 1 heterocycles. The van der Waals surface area contributed by atoms with Crippen LogP contribution in [0.2, 0.25) is 0 Å². The number of methoxy groups -OCH3 is 1. The van der Waals surface area contributed by atoms with Crippen LogP contribution >= 0.6 is 0 Å². The molecule has 1 saturated heterocycles. The van der Waals surface area contributed by atoms with Crippen molar-refractivity contribution in [3.8, 4) is 5.75 Å². The molecule has 2 amide bonds. The third-order valence-electron chi connectivity index (χ3n) is 4.27. The molecule has 0 bridgehead atoms. The lowest BCUT2D eigenvalue weighted by atomic mass is 10.2. The molecule has 0 unspecified atom stereocenters. The summed E-state index contributed by atoms with van der Waals surface area (Å²) in [4.78, 5) is 14.0. The Kier molecular flexibility index (Phi) is 6.66. The van der Waals surface area contributed by atoms with E-state index in [1.54, 1.807) is 30.2 Å². The van der Waals surface area contributed by atoms with Gasteiger partial charge in [-0.3, -0.25) is 0 Å². The summed E-state index contributed by atoms with van der Waals surface area (Å²) in [5, 5.41) is 2.84. The molecule has 1 aliphatic rings. The number of amides is 2. The molecule has 0 atom stereocenters. The summed E-state index contributed by atoms with van der Waals surface area (Å²) in [6.07, 6.45) is 1.49. The number of nitrogens with one attached hydrogen (secondary N) is 1. The Labute approximate surface area is 150 Å². The Bertz CT molecular complexity index is 706. The number of aryl methyl sites for hydroxylation is 1. The van der Waals surface area contributed by atoms with E-state index in [0.29, 0.717) is 44.9 Å². The second-order valence-electron chi connectivity index (χ2n) is 6.11. The number of ether oxygens (including phenoxy) is 1. The monoisotopic (exact) mass is 369 g/mol. The van der Waals surface area contributed by atoms with Gasteiger partial charge >= 0.3 is 6.03 Å². The molecule has 1 fully saturated rings.